The highest BCUT2D eigenvalue weighted by Crippen LogP contribution is 2.29. The number of hydrogen-bond donors (Lipinski definition) is 2. The molecule has 1 aromatic carbocycles. The van der Waals surface area contributed by atoms with E-state index in [-0.39, 0.29) is 0 Å². The molecule has 0 spiro atoms. The molecule has 15 heavy (non-hydrogen) atoms. The van der Waals surface area contributed by atoms with Crippen LogP contribution < -0.4 is 5.32 Å². The van der Waals surface area contributed by atoms with Crippen molar-refractivity contribution in [3.8, 4) is 0 Å². The van der Waals surface area contributed by atoms with Crippen molar-refractivity contribution in [2.75, 3.05) is 19.7 Å². The zero-order chi connectivity index (χ0) is 10.7. The van der Waals surface area contributed by atoms with E-state index in [2.05, 4.69) is 5.32 Å². The second-order valence-electron chi connectivity index (χ2n) is 3.96. The number of fused-ring (bicyclic) bond motifs is 1. The van der Waals surface area contributed by atoms with E-state index in [1.807, 2.05) is 31.2 Å². The molecule has 0 fully saturated rings. The van der Waals surface area contributed by atoms with Crippen molar-refractivity contribution in [1.29, 1.82) is 0 Å². The van der Waals surface area contributed by atoms with Gasteiger partial charge in [-0.15, -0.1) is 0 Å². The van der Waals surface area contributed by atoms with Gasteiger partial charge in [0.1, 0.15) is 5.60 Å². The summed E-state index contributed by atoms with van der Waals surface area (Å²) in [6, 6.07) is 7.92. The van der Waals surface area contributed by atoms with Crippen LogP contribution in [-0.4, -0.2) is 24.8 Å². The van der Waals surface area contributed by atoms with Crippen molar-refractivity contribution >= 4 is 0 Å². The van der Waals surface area contributed by atoms with Gasteiger partial charge in [-0.25, -0.2) is 0 Å². The van der Waals surface area contributed by atoms with Crippen molar-refractivity contribution in [3.05, 3.63) is 35.4 Å². The summed E-state index contributed by atoms with van der Waals surface area (Å²) in [5.41, 5.74) is 1.21. The molecule has 0 radical (unpaired) electrons. The fourth-order valence-corrected chi connectivity index (χ4v) is 1.99. The van der Waals surface area contributed by atoms with Crippen LogP contribution in [0.1, 0.15) is 18.1 Å². The second kappa shape index (κ2) is 4.31. The van der Waals surface area contributed by atoms with Gasteiger partial charge in [0.2, 0.25) is 0 Å². The number of ether oxygens (including phenoxy) is 1. The molecule has 0 aliphatic carbocycles. The molecule has 1 aliphatic heterocycles. The van der Waals surface area contributed by atoms with Crippen LogP contribution in [0.5, 0.6) is 0 Å². The Bertz CT molecular complexity index is 340. The molecule has 3 nitrogen and oxygen atoms in total. The van der Waals surface area contributed by atoms with Crippen LogP contribution in [0.15, 0.2) is 24.3 Å². The van der Waals surface area contributed by atoms with Gasteiger partial charge in [0.25, 0.3) is 0 Å². The van der Waals surface area contributed by atoms with Crippen LogP contribution in [0.3, 0.4) is 0 Å². The lowest BCUT2D eigenvalue weighted by molar-refractivity contribution is -0.0710. The molecule has 1 unspecified atom stereocenters. The third-order valence-corrected chi connectivity index (χ3v) is 2.78. The molecule has 2 rings (SSSR count). The molecule has 1 atom stereocenters. The molecule has 0 bridgehead atoms. The molecule has 0 aromatic heterocycles. The Hall–Kier alpha value is -0.900. The summed E-state index contributed by atoms with van der Waals surface area (Å²) in [7, 11) is 0. The molecule has 3 heteroatoms. The van der Waals surface area contributed by atoms with Crippen molar-refractivity contribution in [3.63, 3.8) is 0 Å². The van der Waals surface area contributed by atoms with Crippen LogP contribution in [0.2, 0.25) is 0 Å². The average Bonchev–Trinajstić information content (AvgIpc) is 2.27. The van der Waals surface area contributed by atoms with E-state index in [1.165, 1.54) is 0 Å². The van der Waals surface area contributed by atoms with Gasteiger partial charge in [0.05, 0.1) is 13.2 Å². The van der Waals surface area contributed by atoms with Gasteiger partial charge in [0.15, 0.2) is 0 Å². The lowest BCUT2D eigenvalue weighted by atomic mass is 9.88. The quantitative estimate of drug-likeness (QED) is 0.777. The van der Waals surface area contributed by atoms with E-state index in [0.29, 0.717) is 19.8 Å². The van der Waals surface area contributed by atoms with Crippen molar-refractivity contribution < 1.29 is 9.84 Å². The number of rotatable bonds is 3. The molecule has 2 N–H and O–H groups in total. The smallest absolute Gasteiger partial charge is 0.126 e. The topological polar surface area (TPSA) is 41.5 Å². The normalized spacial score (nSPS) is 24.9. The maximum atomic E-state index is 10.5. The van der Waals surface area contributed by atoms with Crippen molar-refractivity contribution in [1.82, 2.24) is 5.32 Å². The summed E-state index contributed by atoms with van der Waals surface area (Å²) >= 11 is 0. The summed E-state index contributed by atoms with van der Waals surface area (Å²) in [4.78, 5) is 0. The molecule has 0 saturated carbocycles. The summed E-state index contributed by atoms with van der Waals surface area (Å²) in [5.74, 6) is 0. The van der Waals surface area contributed by atoms with E-state index in [4.69, 9.17) is 4.74 Å². The first-order valence-corrected chi connectivity index (χ1v) is 5.35. The Morgan fingerprint density at radius 1 is 1.47 bits per heavy atom. The van der Waals surface area contributed by atoms with E-state index < -0.39 is 5.60 Å². The number of hydrogen-bond acceptors (Lipinski definition) is 3. The standard InChI is InChI=1S/C12H17NO2/c1-2-13-8-12(14)9-15-7-10-5-3-4-6-11(10)12/h3-6,13-14H,2,7-9H2,1H3. The van der Waals surface area contributed by atoms with Crippen LogP contribution >= 0.6 is 0 Å². The maximum Gasteiger partial charge on any atom is 0.126 e. The van der Waals surface area contributed by atoms with Crippen molar-refractivity contribution in [2.24, 2.45) is 0 Å². The van der Waals surface area contributed by atoms with Crippen LogP contribution in [-0.2, 0) is 16.9 Å². The molecular formula is C12H17NO2. The third-order valence-electron chi connectivity index (χ3n) is 2.78. The van der Waals surface area contributed by atoms with Gasteiger partial charge in [-0.3, -0.25) is 0 Å². The Kier molecular flexibility index (Phi) is 3.05. The monoisotopic (exact) mass is 207 g/mol. The number of benzene rings is 1. The van der Waals surface area contributed by atoms with E-state index in [9.17, 15) is 5.11 Å². The van der Waals surface area contributed by atoms with E-state index in [0.717, 1.165) is 17.7 Å². The summed E-state index contributed by atoms with van der Waals surface area (Å²) in [6.07, 6.45) is 0. The van der Waals surface area contributed by atoms with Gasteiger partial charge in [0, 0.05) is 6.54 Å². The predicted molar refractivity (Wildman–Crippen MR) is 58.5 cm³/mol. The molecule has 1 aliphatic rings. The number of likely N-dealkylation sites (N-methyl/N-ethyl adjacent to an activating group) is 1. The first-order valence-electron chi connectivity index (χ1n) is 5.35. The van der Waals surface area contributed by atoms with Gasteiger partial charge in [-0.1, -0.05) is 31.2 Å². The molecule has 82 valence electrons. The first kappa shape index (κ1) is 10.6. The molecular weight excluding hydrogens is 190 g/mol. The number of aliphatic hydroxyl groups is 1. The van der Waals surface area contributed by atoms with E-state index >= 15 is 0 Å². The molecule has 0 saturated heterocycles. The predicted octanol–water partition coefficient (Wildman–Crippen LogP) is 1.01. The minimum absolute atomic E-state index is 0.372. The van der Waals surface area contributed by atoms with E-state index in [1.54, 1.807) is 0 Å². The summed E-state index contributed by atoms with van der Waals surface area (Å²) in [5, 5.41) is 13.6. The highest BCUT2D eigenvalue weighted by molar-refractivity contribution is 5.33. The molecule has 0 amide bonds. The Labute approximate surface area is 90.1 Å². The minimum Gasteiger partial charge on any atom is -0.381 e. The van der Waals surface area contributed by atoms with Gasteiger partial charge >= 0.3 is 0 Å². The maximum absolute atomic E-state index is 10.5. The van der Waals surface area contributed by atoms with Crippen LogP contribution in [0.25, 0.3) is 0 Å². The highest BCUT2D eigenvalue weighted by atomic mass is 16.5. The lowest BCUT2D eigenvalue weighted by Gasteiger charge is -2.34. The lowest BCUT2D eigenvalue weighted by Crippen LogP contribution is -2.44. The second-order valence-corrected chi connectivity index (χ2v) is 3.96. The minimum atomic E-state index is -0.870. The molecule has 1 aromatic rings. The fourth-order valence-electron chi connectivity index (χ4n) is 1.99. The Morgan fingerprint density at radius 3 is 3.07 bits per heavy atom. The van der Waals surface area contributed by atoms with Crippen LogP contribution in [0, 0.1) is 0 Å². The first-order chi connectivity index (χ1) is 7.26. The Morgan fingerprint density at radius 2 is 2.27 bits per heavy atom. The number of nitrogens with one attached hydrogen (secondary N) is 1. The highest BCUT2D eigenvalue weighted by Gasteiger charge is 2.34. The van der Waals surface area contributed by atoms with Gasteiger partial charge in [-0.2, -0.15) is 0 Å². The molecule has 1 heterocycles. The SMILES string of the molecule is CCNCC1(O)COCc2ccccc21. The zero-order valence-corrected chi connectivity index (χ0v) is 8.99. The third kappa shape index (κ3) is 2.04. The largest absolute Gasteiger partial charge is 0.381 e. The Balaban J connectivity index is 2.27. The van der Waals surface area contributed by atoms with Crippen molar-refractivity contribution in [2.45, 2.75) is 19.1 Å². The zero-order valence-electron chi connectivity index (χ0n) is 8.99. The van der Waals surface area contributed by atoms with Gasteiger partial charge < -0.3 is 15.2 Å². The summed E-state index contributed by atoms with van der Waals surface area (Å²) in [6.45, 7) is 4.39. The average molecular weight is 207 g/mol. The van der Waals surface area contributed by atoms with Crippen LogP contribution in [0.4, 0.5) is 0 Å². The van der Waals surface area contributed by atoms with Gasteiger partial charge in [-0.05, 0) is 17.7 Å². The fraction of sp³-hybridized carbons (Fsp3) is 0.500. The summed E-state index contributed by atoms with van der Waals surface area (Å²) < 4.78 is 5.42.